The molecule has 0 saturated carbocycles. The summed E-state index contributed by atoms with van der Waals surface area (Å²) in [5.74, 6) is 0. The monoisotopic (exact) mass is 641 g/mol. The molecule has 3 aromatic rings. The number of hydrogen-bond donors (Lipinski definition) is 0. The maximum absolute atomic E-state index is 10.1. The van der Waals surface area contributed by atoms with Crippen LogP contribution in [0.25, 0.3) is 0 Å². The number of rotatable bonds is 17. The minimum Gasteiger partial charge on any atom is -0.505 e. The first-order valence-corrected chi connectivity index (χ1v) is 16.4. The lowest BCUT2D eigenvalue weighted by molar-refractivity contribution is -0.107. The first kappa shape index (κ1) is 40.7. The third-order valence-corrected chi connectivity index (χ3v) is 7.02. The Morgan fingerprint density at radius 3 is 1.37 bits per heavy atom. The summed E-state index contributed by atoms with van der Waals surface area (Å²) in [6.07, 6.45) is 16.1. The van der Waals surface area contributed by atoms with Crippen LogP contribution < -0.4 is 0 Å². The number of ether oxygens (including phenoxy) is 3. The van der Waals surface area contributed by atoms with Crippen molar-refractivity contribution in [3.05, 3.63) is 119 Å². The molecule has 0 aliphatic heterocycles. The molecule has 0 aliphatic carbocycles. The topological polar surface area (TPSA) is 54.0 Å². The molecular formula is C40H60FO5+. The van der Waals surface area contributed by atoms with Gasteiger partial charge in [0.25, 0.3) is 0 Å². The average Bonchev–Trinajstić information content (AvgIpc) is 3.11. The van der Waals surface area contributed by atoms with Gasteiger partial charge in [0, 0.05) is 27.1 Å². The van der Waals surface area contributed by atoms with Crippen LogP contribution in [0.3, 0.4) is 0 Å². The van der Waals surface area contributed by atoms with Crippen molar-refractivity contribution < 1.29 is 31.3 Å². The van der Waals surface area contributed by atoms with Crippen molar-refractivity contribution in [2.75, 3.05) is 28.4 Å². The standard InChI is InChI=1S/C14H22O2.C13H18O.C12H16O.CH3FO/c1-4-5-12-6-8-13(9-7-12)10-11-14(15-2)16-3;1-3-5-12-7-9-13(10-8-12)6-4-11-14-2;1-2-4-11-6-8-12(9-7-11)5-3-10-13;1-3-2/h6-9,14H,4-5,10-11H2,1-3H3;4,7-11H,3,5-6H2,1-2H3;6-10H,2-5H2,1H3;1H3/p+1/b;11-4+;;/i;;;1T. The molecule has 256 valence electrons. The number of halogens is 1. The zero-order valence-electron chi connectivity index (χ0n) is 31.1. The number of carbonyl (C=O) groups is 1. The van der Waals surface area contributed by atoms with E-state index >= 15 is 0 Å². The van der Waals surface area contributed by atoms with Gasteiger partial charge < -0.3 is 19.0 Å². The Bertz CT molecular complexity index is 1130. The van der Waals surface area contributed by atoms with E-state index in [4.69, 9.17) is 15.6 Å². The van der Waals surface area contributed by atoms with Crippen LogP contribution >= 0.6 is 0 Å². The van der Waals surface area contributed by atoms with Crippen molar-refractivity contribution in [1.29, 1.82) is 0 Å². The fourth-order valence-electron chi connectivity index (χ4n) is 4.58. The van der Waals surface area contributed by atoms with Gasteiger partial charge in [-0.15, -0.1) is 0 Å². The van der Waals surface area contributed by atoms with Crippen LogP contribution in [0.1, 0.15) is 89.1 Å². The molecule has 0 aliphatic rings. The number of hydrogen-bond acceptors (Lipinski definition) is 5. The third-order valence-electron chi connectivity index (χ3n) is 7.02. The Kier molecular flexibility index (Phi) is 26.8. The molecule has 0 saturated heterocycles. The van der Waals surface area contributed by atoms with Gasteiger partial charge >= 0.3 is 1.43 Å². The summed E-state index contributed by atoms with van der Waals surface area (Å²) in [6.45, 7) is 6.59. The van der Waals surface area contributed by atoms with Crippen LogP contribution in [0, 0.1) is 0 Å². The van der Waals surface area contributed by atoms with E-state index in [0.29, 0.717) is 6.42 Å². The van der Waals surface area contributed by atoms with Gasteiger partial charge in [-0.05, 0) is 82.5 Å². The highest BCUT2D eigenvalue weighted by Gasteiger charge is 2.05. The summed E-state index contributed by atoms with van der Waals surface area (Å²) >= 11 is 0. The van der Waals surface area contributed by atoms with E-state index in [1.807, 2.05) is 6.08 Å². The Balaban J connectivity index is 0. The van der Waals surface area contributed by atoms with Crippen LogP contribution in [0.4, 0.5) is 4.53 Å². The summed E-state index contributed by atoms with van der Waals surface area (Å²) in [6, 6.07) is 26.2. The highest BCUT2D eigenvalue weighted by atomic mass is 19.3. The molecule has 0 bridgehead atoms. The molecule has 5 nitrogen and oxygen atoms in total. The largest absolute Gasteiger partial charge is 1.00 e. The zero-order chi connectivity index (χ0) is 35.0. The quantitative estimate of drug-likeness (QED) is 0.0834. The van der Waals surface area contributed by atoms with Crippen molar-refractivity contribution in [3.63, 3.8) is 0 Å². The Morgan fingerprint density at radius 2 is 1.04 bits per heavy atom. The van der Waals surface area contributed by atoms with Gasteiger partial charge in [-0.1, -0.05) is 113 Å². The third kappa shape index (κ3) is 22.2. The molecule has 0 atom stereocenters. The second kappa shape index (κ2) is 30.3. The minimum absolute atomic E-state index is 0. The highest BCUT2D eigenvalue weighted by molar-refractivity contribution is 5.50. The number of carbonyl (C=O) groups excluding carboxylic acids is 1. The Morgan fingerprint density at radius 1 is 0.674 bits per heavy atom. The van der Waals surface area contributed by atoms with Crippen molar-refractivity contribution in [1.82, 2.24) is 0 Å². The normalized spacial score (nSPS) is 10.6. The van der Waals surface area contributed by atoms with Crippen molar-refractivity contribution in [3.8, 4) is 0 Å². The molecule has 0 amide bonds. The van der Waals surface area contributed by atoms with Gasteiger partial charge in [0.2, 0.25) is 0 Å². The van der Waals surface area contributed by atoms with Crippen LogP contribution in [-0.2, 0) is 62.5 Å². The van der Waals surface area contributed by atoms with Gasteiger partial charge in [-0.3, -0.25) is 0 Å². The van der Waals surface area contributed by atoms with E-state index in [-0.39, 0.29) is 7.72 Å². The van der Waals surface area contributed by atoms with Gasteiger partial charge in [-0.2, -0.15) is 4.94 Å². The molecule has 0 radical (unpaired) electrons. The lowest BCUT2D eigenvalue weighted by atomic mass is 10.0. The SMILES string of the molecule is CCCc1ccc(C/C=C/OC)cc1.CCCc1ccc(CCC(OC)OC)cc1.CCCc1ccc(CCC=O)cc1.[3H]COF.[H+]. The molecule has 0 fully saturated rings. The van der Waals surface area contributed by atoms with Crippen LogP contribution in [0.15, 0.2) is 85.1 Å². The molecule has 0 spiro atoms. The average molecular weight is 642 g/mol. The van der Waals surface area contributed by atoms with Gasteiger partial charge in [0.1, 0.15) is 6.29 Å². The summed E-state index contributed by atoms with van der Waals surface area (Å²) in [4.78, 5) is 12.9. The maximum Gasteiger partial charge on any atom is 1.00 e. The minimum atomic E-state index is -0.597. The van der Waals surface area contributed by atoms with Gasteiger partial charge in [0.05, 0.1) is 21.8 Å². The smallest absolute Gasteiger partial charge is 0.505 e. The van der Waals surface area contributed by atoms with E-state index < -0.39 is 7.09 Å². The van der Waals surface area contributed by atoms with Crippen LogP contribution in [-0.4, -0.2) is 41.0 Å². The van der Waals surface area contributed by atoms with Crippen LogP contribution in [0.5, 0.6) is 0 Å². The van der Waals surface area contributed by atoms with Crippen molar-refractivity contribution >= 4 is 6.29 Å². The Labute approximate surface area is 281 Å². The molecule has 0 aromatic heterocycles. The van der Waals surface area contributed by atoms with E-state index in [9.17, 15) is 9.32 Å². The predicted molar refractivity (Wildman–Crippen MR) is 191 cm³/mol. The predicted octanol–water partition coefficient (Wildman–Crippen LogP) is 9.93. The number of aryl methyl sites for hydroxylation is 5. The number of aldehydes is 1. The molecule has 3 aromatic carbocycles. The first-order valence-electron chi connectivity index (χ1n) is 17.1. The fraction of sp³-hybridized carbons (Fsp3) is 0.475. The molecule has 3 rings (SSSR count). The summed E-state index contributed by atoms with van der Waals surface area (Å²) in [7, 11) is 4.43. The lowest BCUT2D eigenvalue weighted by Crippen LogP contribution is -2.13. The van der Waals surface area contributed by atoms with E-state index in [1.165, 1.54) is 65.5 Å². The summed E-state index contributed by atoms with van der Waals surface area (Å²) in [5, 5.41) is 0. The maximum atomic E-state index is 10.1. The van der Waals surface area contributed by atoms with Crippen molar-refractivity contribution in [2.45, 2.75) is 97.7 Å². The van der Waals surface area contributed by atoms with E-state index in [0.717, 1.165) is 38.4 Å². The molecule has 0 unspecified atom stereocenters. The molecule has 0 heterocycles. The molecule has 0 N–H and O–H groups in total. The lowest BCUT2D eigenvalue weighted by Gasteiger charge is -2.12. The first-order chi connectivity index (χ1) is 22.9. The van der Waals surface area contributed by atoms with Gasteiger partial charge in [-0.25, -0.2) is 0 Å². The van der Waals surface area contributed by atoms with Gasteiger partial charge in [0.15, 0.2) is 6.29 Å². The fourth-order valence-corrected chi connectivity index (χ4v) is 4.58. The van der Waals surface area contributed by atoms with E-state index in [1.54, 1.807) is 27.6 Å². The number of allylic oxidation sites excluding steroid dienone is 1. The number of benzene rings is 3. The Hall–Kier alpha value is -3.32. The molecule has 46 heavy (non-hydrogen) atoms. The van der Waals surface area contributed by atoms with E-state index in [2.05, 4.69) is 98.5 Å². The molecule has 6 heteroatoms. The molecular weight excluding hydrogens is 579 g/mol. The van der Waals surface area contributed by atoms with Crippen LogP contribution in [0.2, 0.25) is 0 Å². The zero-order valence-corrected chi connectivity index (χ0v) is 29.1. The summed E-state index contributed by atoms with van der Waals surface area (Å²) in [5.41, 5.74) is 8.16. The second-order valence-electron chi connectivity index (χ2n) is 10.8. The second-order valence-corrected chi connectivity index (χ2v) is 10.8. The number of methoxy groups -OCH3 is 3. The van der Waals surface area contributed by atoms with Crippen molar-refractivity contribution in [2.24, 2.45) is 0 Å². The highest BCUT2D eigenvalue weighted by Crippen LogP contribution is 2.11. The summed E-state index contributed by atoms with van der Waals surface area (Å²) < 4.78 is 31.1.